The fraction of sp³-hybridized carbons (Fsp3) is 0.129. The Kier molecular flexibility index (Phi) is 10.0. The highest BCUT2D eigenvalue weighted by Gasteiger charge is 2.19. The van der Waals surface area contributed by atoms with Crippen LogP contribution in [-0.4, -0.2) is 40.6 Å². The van der Waals surface area contributed by atoms with Crippen LogP contribution in [0.2, 0.25) is 0 Å². The molecule has 0 radical (unpaired) electrons. The van der Waals surface area contributed by atoms with Gasteiger partial charge in [-0.1, -0.05) is 30.3 Å². The van der Waals surface area contributed by atoms with Crippen molar-refractivity contribution in [2.75, 3.05) is 22.6 Å². The Labute approximate surface area is 246 Å². The van der Waals surface area contributed by atoms with Crippen molar-refractivity contribution in [3.63, 3.8) is 0 Å². The van der Waals surface area contributed by atoms with Crippen molar-refractivity contribution >= 4 is 52.5 Å². The van der Waals surface area contributed by atoms with Gasteiger partial charge < -0.3 is 20.8 Å². The number of hydrogen-bond acceptors (Lipinski definition) is 8. The molecule has 10 nitrogen and oxygen atoms in total. The molecule has 11 heteroatoms. The van der Waals surface area contributed by atoms with Crippen LogP contribution < -0.4 is 16.4 Å². The Morgan fingerprint density at radius 3 is 2.43 bits per heavy atom. The molecule has 0 aliphatic heterocycles. The van der Waals surface area contributed by atoms with Crippen molar-refractivity contribution in [1.29, 1.82) is 0 Å². The van der Waals surface area contributed by atoms with Crippen molar-refractivity contribution < 1.29 is 23.7 Å². The summed E-state index contributed by atoms with van der Waals surface area (Å²) in [4.78, 5) is 49.1. The highest BCUT2D eigenvalue weighted by atomic mass is 32.2. The number of furan rings is 1. The van der Waals surface area contributed by atoms with Gasteiger partial charge in [0.1, 0.15) is 11.5 Å². The van der Waals surface area contributed by atoms with Crippen LogP contribution in [0.15, 0.2) is 95.4 Å². The number of nitrogens with one attached hydrogen (secondary N) is 2. The summed E-state index contributed by atoms with van der Waals surface area (Å²) in [5.74, 6) is 0.396. The Balaban J connectivity index is 1.49. The molecule has 4 rings (SSSR count). The van der Waals surface area contributed by atoms with E-state index in [0.29, 0.717) is 34.8 Å². The number of benzene rings is 3. The number of ketones is 1. The van der Waals surface area contributed by atoms with Gasteiger partial charge >= 0.3 is 0 Å². The van der Waals surface area contributed by atoms with E-state index in [-0.39, 0.29) is 22.7 Å². The van der Waals surface area contributed by atoms with Gasteiger partial charge in [0, 0.05) is 40.6 Å². The molecule has 2 amide bonds. The Bertz CT molecular complexity index is 1620. The molecule has 0 bridgehead atoms. The molecule has 214 valence electrons. The molecule has 3 aromatic carbocycles. The maximum atomic E-state index is 13.4. The first-order valence-electron chi connectivity index (χ1n) is 12.9. The molecular weight excluding hydrogens is 556 g/mol. The smallest absolute Gasteiger partial charge is 0.269 e. The first-order valence-corrected chi connectivity index (χ1v) is 14.3. The molecule has 1 heterocycles. The fourth-order valence-corrected chi connectivity index (χ4v) is 4.44. The number of nitrogens with zero attached hydrogens (tertiary/aromatic N) is 1. The van der Waals surface area contributed by atoms with E-state index in [1.807, 2.05) is 6.26 Å². The fourth-order valence-electron chi connectivity index (χ4n) is 3.95. The van der Waals surface area contributed by atoms with Gasteiger partial charge in [-0.05, 0) is 67.0 Å². The van der Waals surface area contributed by atoms with E-state index in [9.17, 15) is 24.5 Å². The second-order valence-corrected chi connectivity index (χ2v) is 10.1. The predicted molar refractivity (Wildman–Crippen MR) is 164 cm³/mol. The van der Waals surface area contributed by atoms with E-state index >= 15 is 0 Å². The minimum Gasteiger partial charge on any atom is -0.457 e. The molecular formula is C31H28N4O6S. The van der Waals surface area contributed by atoms with Gasteiger partial charge in [0.2, 0.25) is 11.8 Å². The molecule has 0 unspecified atom stereocenters. The summed E-state index contributed by atoms with van der Waals surface area (Å²) in [5, 5.41) is 16.3. The average molecular weight is 585 g/mol. The van der Waals surface area contributed by atoms with Crippen molar-refractivity contribution in [2.45, 2.75) is 12.5 Å². The second-order valence-electron chi connectivity index (χ2n) is 9.16. The highest BCUT2D eigenvalue weighted by molar-refractivity contribution is 7.98. The van der Waals surface area contributed by atoms with Crippen molar-refractivity contribution in [3.8, 4) is 11.3 Å². The van der Waals surface area contributed by atoms with E-state index in [4.69, 9.17) is 10.2 Å². The number of hydrogen-bond donors (Lipinski definition) is 3. The Hall–Kier alpha value is -5.00. The van der Waals surface area contributed by atoms with Gasteiger partial charge in [-0.25, -0.2) is 0 Å². The number of amides is 2. The third-order valence-electron chi connectivity index (χ3n) is 6.18. The van der Waals surface area contributed by atoms with Gasteiger partial charge in [0.25, 0.3) is 5.69 Å². The summed E-state index contributed by atoms with van der Waals surface area (Å²) >= 11 is 1.58. The zero-order chi connectivity index (χ0) is 30.1. The SMILES string of the molecule is CSCC[C@@H](N)C(=O)Nc1ccc(NC(=O)/C=C/c2ccc(-c3ccc([N+](=O)[O-])cc3)o2)cc1C(=O)c1ccccc1. The third kappa shape index (κ3) is 7.80. The van der Waals surface area contributed by atoms with Gasteiger partial charge in [-0.3, -0.25) is 24.5 Å². The number of non-ortho nitro benzene ring substituents is 1. The third-order valence-corrected chi connectivity index (χ3v) is 6.83. The molecule has 1 atom stereocenters. The summed E-state index contributed by atoms with van der Waals surface area (Å²) in [5.41, 5.74) is 7.89. The van der Waals surface area contributed by atoms with Gasteiger partial charge in [-0.2, -0.15) is 11.8 Å². The van der Waals surface area contributed by atoms with E-state index in [1.54, 1.807) is 78.5 Å². The molecule has 0 aliphatic carbocycles. The van der Waals surface area contributed by atoms with E-state index in [1.165, 1.54) is 30.4 Å². The molecule has 0 aliphatic rings. The molecule has 4 aromatic rings. The largest absolute Gasteiger partial charge is 0.457 e. The lowest BCUT2D eigenvalue weighted by Gasteiger charge is -2.16. The van der Waals surface area contributed by atoms with Crippen LogP contribution in [0, 0.1) is 10.1 Å². The van der Waals surface area contributed by atoms with Crippen LogP contribution in [0.25, 0.3) is 17.4 Å². The number of thioether (sulfide) groups is 1. The van der Waals surface area contributed by atoms with Crippen LogP contribution in [-0.2, 0) is 9.59 Å². The Morgan fingerprint density at radius 1 is 1.00 bits per heavy atom. The Morgan fingerprint density at radius 2 is 1.74 bits per heavy atom. The number of anilines is 2. The van der Waals surface area contributed by atoms with Gasteiger partial charge in [0.05, 0.1) is 16.7 Å². The molecule has 0 spiro atoms. The highest BCUT2D eigenvalue weighted by Crippen LogP contribution is 2.26. The van der Waals surface area contributed by atoms with Gasteiger partial charge in [-0.15, -0.1) is 0 Å². The van der Waals surface area contributed by atoms with Crippen LogP contribution >= 0.6 is 11.8 Å². The van der Waals surface area contributed by atoms with E-state index in [2.05, 4.69) is 10.6 Å². The monoisotopic (exact) mass is 584 g/mol. The van der Waals surface area contributed by atoms with Crippen LogP contribution in [0.4, 0.5) is 17.1 Å². The first-order chi connectivity index (χ1) is 20.2. The van der Waals surface area contributed by atoms with Gasteiger partial charge in [0.15, 0.2) is 5.78 Å². The zero-order valence-electron chi connectivity index (χ0n) is 22.6. The van der Waals surface area contributed by atoms with Crippen molar-refractivity contribution in [3.05, 3.63) is 118 Å². The van der Waals surface area contributed by atoms with Crippen molar-refractivity contribution in [1.82, 2.24) is 0 Å². The van der Waals surface area contributed by atoms with Crippen LogP contribution in [0.3, 0.4) is 0 Å². The summed E-state index contributed by atoms with van der Waals surface area (Å²) in [7, 11) is 0. The zero-order valence-corrected chi connectivity index (χ0v) is 23.4. The van der Waals surface area contributed by atoms with Crippen LogP contribution in [0.1, 0.15) is 28.1 Å². The molecule has 4 N–H and O–H groups in total. The number of rotatable bonds is 12. The predicted octanol–water partition coefficient (Wildman–Crippen LogP) is 5.76. The first kappa shape index (κ1) is 30.0. The minimum absolute atomic E-state index is 0.0270. The average Bonchev–Trinajstić information content (AvgIpc) is 3.49. The number of carbonyl (C=O) groups excluding carboxylic acids is 3. The van der Waals surface area contributed by atoms with Crippen molar-refractivity contribution in [2.24, 2.45) is 5.73 Å². The summed E-state index contributed by atoms with van der Waals surface area (Å²) < 4.78 is 5.73. The topological polar surface area (TPSA) is 158 Å². The normalized spacial score (nSPS) is 11.7. The minimum atomic E-state index is -0.732. The lowest BCUT2D eigenvalue weighted by atomic mass is 10.0. The lowest BCUT2D eigenvalue weighted by Crippen LogP contribution is -2.36. The standard InChI is InChI=1S/C31H28N4O6S/c1-42-18-17-26(32)31(38)34-27-14-9-22(19-25(27)30(37)21-5-3-2-4-6-21)33-29(36)16-13-24-12-15-28(41-24)20-7-10-23(11-8-20)35(39)40/h2-16,19,26H,17-18,32H2,1H3,(H,33,36)(H,34,38)/b16-13+/t26-/m1/s1. The quantitative estimate of drug-likeness (QED) is 0.0821. The molecule has 0 saturated heterocycles. The molecule has 0 saturated carbocycles. The maximum Gasteiger partial charge on any atom is 0.269 e. The van der Waals surface area contributed by atoms with E-state index in [0.717, 1.165) is 5.75 Å². The molecule has 0 fully saturated rings. The number of nitro benzene ring substituents is 1. The molecule has 1 aromatic heterocycles. The maximum absolute atomic E-state index is 13.4. The number of nitrogens with two attached hydrogens (primary N) is 1. The summed E-state index contributed by atoms with van der Waals surface area (Å²) in [6.07, 6.45) is 5.17. The summed E-state index contributed by atoms with van der Waals surface area (Å²) in [6.45, 7) is 0. The molecule has 42 heavy (non-hydrogen) atoms. The second kappa shape index (κ2) is 14.1. The lowest BCUT2D eigenvalue weighted by molar-refractivity contribution is -0.384. The van der Waals surface area contributed by atoms with Crippen LogP contribution in [0.5, 0.6) is 0 Å². The summed E-state index contributed by atoms with van der Waals surface area (Å²) in [6, 6.07) is 21.8. The number of carbonyl (C=O) groups is 3. The van der Waals surface area contributed by atoms with E-state index < -0.39 is 22.8 Å². The number of nitro groups is 1.